The van der Waals surface area contributed by atoms with Gasteiger partial charge in [0.15, 0.2) is 0 Å². The maximum absolute atomic E-state index is 11.5. The molecule has 17 heavy (non-hydrogen) atoms. The minimum atomic E-state index is -3.33. The van der Waals surface area contributed by atoms with Crippen LogP contribution >= 0.6 is 0 Å². The van der Waals surface area contributed by atoms with E-state index in [-0.39, 0.29) is 10.9 Å². The lowest BCUT2D eigenvalue weighted by atomic mass is 10.0. The van der Waals surface area contributed by atoms with Gasteiger partial charge in [-0.15, -0.1) is 0 Å². The maximum atomic E-state index is 11.5. The average Bonchev–Trinajstić information content (AvgIpc) is 2.30. The van der Waals surface area contributed by atoms with Crippen LogP contribution in [0.1, 0.15) is 25.3 Å². The zero-order valence-electron chi connectivity index (χ0n) is 10.3. The molecule has 1 atom stereocenters. The molecule has 1 aromatic rings. The van der Waals surface area contributed by atoms with Gasteiger partial charge in [0, 0.05) is 6.04 Å². The first-order valence-electron chi connectivity index (χ1n) is 5.77. The SMILES string of the molecule is CCCC(N)Cc1ccc(S(=O)(=O)NC)cc1. The lowest BCUT2D eigenvalue weighted by Gasteiger charge is -2.10. The molecule has 1 unspecified atom stereocenters. The molecule has 0 radical (unpaired) electrons. The molecule has 0 aromatic heterocycles. The molecule has 5 heteroatoms. The van der Waals surface area contributed by atoms with Crippen molar-refractivity contribution in [1.29, 1.82) is 0 Å². The number of rotatable bonds is 6. The fraction of sp³-hybridized carbons (Fsp3) is 0.500. The van der Waals surface area contributed by atoms with Crippen LogP contribution in [0.15, 0.2) is 29.2 Å². The molecule has 0 heterocycles. The van der Waals surface area contributed by atoms with Crippen molar-refractivity contribution in [1.82, 2.24) is 4.72 Å². The van der Waals surface area contributed by atoms with Crippen LogP contribution < -0.4 is 10.5 Å². The Kier molecular flexibility index (Phi) is 5.11. The Labute approximate surface area is 103 Å². The molecule has 0 fully saturated rings. The third kappa shape index (κ3) is 4.11. The van der Waals surface area contributed by atoms with E-state index >= 15 is 0 Å². The molecule has 1 aromatic carbocycles. The molecule has 4 nitrogen and oxygen atoms in total. The highest BCUT2D eigenvalue weighted by Gasteiger charge is 2.11. The normalized spacial score (nSPS) is 13.6. The van der Waals surface area contributed by atoms with Crippen molar-refractivity contribution in [2.75, 3.05) is 7.05 Å². The maximum Gasteiger partial charge on any atom is 0.240 e. The monoisotopic (exact) mass is 256 g/mol. The second-order valence-electron chi connectivity index (χ2n) is 4.10. The zero-order chi connectivity index (χ0) is 12.9. The van der Waals surface area contributed by atoms with E-state index in [1.165, 1.54) is 7.05 Å². The van der Waals surface area contributed by atoms with Gasteiger partial charge in [-0.05, 0) is 37.6 Å². The number of nitrogens with one attached hydrogen (secondary N) is 1. The van der Waals surface area contributed by atoms with Crippen molar-refractivity contribution in [3.8, 4) is 0 Å². The largest absolute Gasteiger partial charge is 0.327 e. The number of hydrogen-bond donors (Lipinski definition) is 2. The Bertz CT molecular complexity index is 440. The van der Waals surface area contributed by atoms with Crippen molar-refractivity contribution in [3.05, 3.63) is 29.8 Å². The molecule has 0 aliphatic carbocycles. The first-order valence-corrected chi connectivity index (χ1v) is 7.26. The van der Waals surface area contributed by atoms with Gasteiger partial charge in [0.05, 0.1) is 4.90 Å². The van der Waals surface area contributed by atoms with Gasteiger partial charge in [0.25, 0.3) is 0 Å². The van der Waals surface area contributed by atoms with E-state index < -0.39 is 10.0 Å². The van der Waals surface area contributed by atoms with Crippen LogP contribution in [-0.2, 0) is 16.4 Å². The highest BCUT2D eigenvalue weighted by atomic mass is 32.2. The van der Waals surface area contributed by atoms with E-state index in [1.54, 1.807) is 12.1 Å². The van der Waals surface area contributed by atoms with Crippen LogP contribution in [0.3, 0.4) is 0 Å². The highest BCUT2D eigenvalue weighted by molar-refractivity contribution is 7.89. The fourth-order valence-corrected chi connectivity index (χ4v) is 2.43. The standard InChI is InChI=1S/C12H20N2O2S/c1-3-4-11(13)9-10-5-7-12(8-6-10)17(15,16)14-2/h5-8,11,14H,3-4,9,13H2,1-2H3. The number of benzene rings is 1. The fourth-order valence-electron chi connectivity index (χ4n) is 1.70. The minimum absolute atomic E-state index is 0.145. The molecule has 1 rings (SSSR count). The Balaban J connectivity index is 2.75. The molecule has 0 aliphatic heterocycles. The third-order valence-corrected chi connectivity index (χ3v) is 4.09. The van der Waals surface area contributed by atoms with Gasteiger partial charge in [-0.3, -0.25) is 0 Å². The van der Waals surface area contributed by atoms with Crippen molar-refractivity contribution in [3.63, 3.8) is 0 Å². The smallest absolute Gasteiger partial charge is 0.240 e. The summed E-state index contributed by atoms with van der Waals surface area (Å²) >= 11 is 0. The van der Waals surface area contributed by atoms with Crippen LogP contribution in [0.2, 0.25) is 0 Å². The van der Waals surface area contributed by atoms with E-state index in [0.717, 1.165) is 24.8 Å². The van der Waals surface area contributed by atoms with Crippen molar-refractivity contribution < 1.29 is 8.42 Å². The zero-order valence-corrected chi connectivity index (χ0v) is 11.1. The second kappa shape index (κ2) is 6.14. The van der Waals surface area contributed by atoms with Gasteiger partial charge >= 0.3 is 0 Å². The van der Waals surface area contributed by atoms with Crippen LogP contribution in [0.5, 0.6) is 0 Å². The summed E-state index contributed by atoms with van der Waals surface area (Å²) in [6.07, 6.45) is 2.83. The Hall–Kier alpha value is -0.910. The summed E-state index contributed by atoms with van der Waals surface area (Å²) in [5.41, 5.74) is 7.01. The molecule has 0 saturated heterocycles. The van der Waals surface area contributed by atoms with Crippen LogP contribution in [-0.4, -0.2) is 21.5 Å². The van der Waals surface area contributed by atoms with E-state index in [0.29, 0.717) is 0 Å². The summed E-state index contributed by atoms with van der Waals surface area (Å²) in [6, 6.07) is 7.01. The highest BCUT2D eigenvalue weighted by Crippen LogP contribution is 2.12. The summed E-state index contributed by atoms with van der Waals surface area (Å²) in [6.45, 7) is 2.10. The Morgan fingerprint density at radius 1 is 1.29 bits per heavy atom. The van der Waals surface area contributed by atoms with Gasteiger partial charge in [-0.2, -0.15) is 0 Å². The van der Waals surface area contributed by atoms with E-state index in [2.05, 4.69) is 11.6 Å². The quantitative estimate of drug-likeness (QED) is 0.805. The molecule has 3 N–H and O–H groups in total. The summed E-state index contributed by atoms with van der Waals surface area (Å²) in [4.78, 5) is 0.285. The Morgan fingerprint density at radius 2 is 1.88 bits per heavy atom. The predicted molar refractivity (Wildman–Crippen MR) is 69.3 cm³/mol. The van der Waals surface area contributed by atoms with Gasteiger partial charge in [0.1, 0.15) is 0 Å². The van der Waals surface area contributed by atoms with Gasteiger partial charge in [-0.1, -0.05) is 25.5 Å². The molecule has 0 bridgehead atoms. The number of sulfonamides is 1. The van der Waals surface area contributed by atoms with Gasteiger partial charge < -0.3 is 5.73 Å². The molecule has 0 aliphatic rings. The van der Waals surface area contributed by atoms with Crippen molar-refractivity contribution in [2.45, 2.75) is 37.1 Å². The first-order chi connectivity index (χ1) is 7.99. The van der Waals surface area contributed by atoms with Gasteiger partial charge in [-0.25, -0.2) is 13.1 Å². The molecule has 0 amide bonds. The topological polar surface area (TPSA) is 72.2 Å². The van der Waals surface area contributed by atoms with Crippen LogP contribution in [0, 0.1) is 0 Å². The molecule has 0 saturated carbocycles. The predicted octanol–water partition coefficient (Wildman–Crippen LogP) is 1.26. The van der Waals surface area contributed by atoms with Gasteiger partial charge in [0.2, 0.25) is 10.0 Å². The lowest BCUT2D eigenvalue weighted by Crippen LogP contribution is -2.22. The summed E-state index contributed by atoms with van der Waals surface area (Å²) in [5, 5.41) is 0. The molecule has 0 spiro atoms. The minimum Gasteiger partial charge on any atom is -0.327 e. The molecular formula is C12H20N2O2S. The van der Waals surface area contributed by atoms with E-state index in [1.807, 2.05) is 12.1 Å². The third-order valence-electron chi connectivity index (χ3n) is 2.66. The van der Waals surface area contributed by atoms with Crippen LogP contribution in [0.25, 0.3) is 0 Å². The average molecular weight is 256 g/mol. The van der Waals surface area contributed by atoms with Crippen LogP contribution in [0.4, 0.5) is 0 Å². The summed E-state index contributed by atoms with van der Waals surface area (Å²) < 4.78 is 25.3. The second-order valence-corrected chi connectivity index (χ2v) is 5.99. The molecule has 96 valence electrons. The summed E-state index contributed by atoms with van der Waals surface area (Å²) in [5.74, 6) is 0. The number of hydrogen-bond acceptors (Lipinski definition) is 3. The van der Waals surface area contributed by atoms with Crippen molar-refractivity contribution >= 4 is 10.0 Å². The first kappa shape index (κ1) is 14.2. The Morgan fingerprint density at radius 3 is 2.35 bits per heavy atom. The number of nitrogens with two attached hydrogens (primary N) is 1. The lowest BCUT2D eigenvalue weighted by molar-refractivity contribution is 0.588. The molecular weight excluding hydrogens is 236 g/mol. The van der Waals surface area contributed by atoms with E-state index in [4.69, 9.17) is 5.73 Å². The van der Waals surface area contributed by atoms with E-state index in [9.17, 15) is 8.42 Å². The van der Waals surface area contributed by atoms with Crippen molar-refractivity contribution in [2.24, 2.45) is 5.73 Å². The summed E-state index contributed by atoms with van der Waals surface area (Å²) in [7, 11) is -1.93.